The normalized spacial score (nSPS) is 16.2. The minimum Gasteiger partial charge on any atom is -0.481 e. The molecule has 2 aromatic carbocycles. The zero-order valence-corrected chi connectivity index (χ0v) is 16.0. The highest BCUT2D eigenvalue weighted by Crippen LogP contribution is 2.45. The lowest BCUT2D eigenvalue weighted by Crippen LogP contribution is -2.23. The van der Waals surface area contributed by atoms with Crippen molar-refractivity contribution >= 4 is 17.4 Å². The molecule has 2 aromatic rings. The molecule has 0 spiro atoms. The number of rotatable bonds is 8. The van der Waals surface area contributed by atoms with Crippen molar-refractivity contribution in [3.8, 4) is 5.75 Å². The van der Waals surface area contributed by atoms with E-state index < -0.39 is 12.6 Å². The summed E-state index contributed by atoms with van der Waals surface area (Å²) in [5.41, 5.74) is 10.8. The van der Waals surface area contributed by atoms with Crippen LogP contribution in [0, 0.1) is 12.8 Å². The Bertz CT molecular complexity index is 902. The van der Waals surface area contributed by atoms with Crippen LogP contribution in [0.25, 0.3) is 5.57 Å². The van der Waals surface area contributed by atoms with Gasteiger partial charge in [-0.3, -0.25) is 4.79 Å². The van der Waals surface area contributed by atoms with Crippen molar-refractivity contribution < 1.29 is 19.4 Å². The summed E-state index contributed by atoms with van der Waals surface area (Å²) in [4.78, 5) is 23.1. The van der Waals surface area contributed by atoms with Gasteiger partial charge in [0.2, 0.25) is 5.91 Å². The zero-order chi connectivity index (χ0) is 20.1. The first-order chi connectivity index (χ1) is 13.5. The third kappa shape index (κ3) is 4.42. The molecule has 28 heavy (non-hydrogen) atoms. The summed E-state index contributed by atoms with van der Waals surface area (Å²) in [5.74, 6) is -1.28. The number of hydrogen-bond acceptors (Lipinski definition) is 3. The average Bonchev–Trinajstić information content (AvgIpc) is 3.09. The first kappa shape index (κ1) is 19.7. The van der Waals surface area contributed by atoms with Crippen LogP contribution in [-0.2, 0) is 16.0 Å². The topological polar surface area (TPSA) is 89.6 Å². The van der Waals surface area contributed by atoms with Crippen LogP contribution < -0.4 is 10.5 Å². The lowest BCUT2D eigenvalue weighted by Gasteiger charge is -2.19. The molecule has 0 saturated carbocycles. The molecule has 0 bridgehead atoms. The van der Waals surface area contributed by atoms with E-state index in [1.54, 1.807) is 6.07 Å². The molecule has 3 N–H and O–H groups in total. The van der Waals surface area contributed by atoms with E-state index in [1.807, 2.05) is 37.3 Å². The fourth-order valence-electron chi connectivity index (χ4n) is 3.92. The molecule has 3 rings (SSSR count). The number of hydrogen-bond donors (Lipinski definition) is 2. The molecule has 1 atom stereocenters. The number of allylic oxidation sites excluding steroid dienone is 1. The number of aliphatic carboxylic acids is 1. The number of carboxylic acids is 1. The largest absolute Gasteiger partial charge is 0.481 e. The van der Waals surface area contributed by atoms with Crippen molar-refractivity contribution in [1.29, 1.82) is 0 Å². The Morgan fingerprint density at radius 3 is 2.54 bits per heavy atom. The molecule has 5 heteroatoms. The quantitative estimate of drug-likeness (QED) is 0.731. The number of carbonyl (C=O) groups excluding carboxylic acids is 1. The van der Waals surface area contributed by atoms with Crippen molar-refractivity contribution in [2.24, 2.45) is 11.7 Å². The number of ether oxygens (including phenoxy) is 1. The van der Waals surface area contributed by atoms with E-state index in [2.05, 4.69) is 12.1 Å². The van der Waals surface area contributed by atoms with Crippen molar-refractivity contribution in [2.75, 3.05) is 6.61 Å². The van der Waals surface area contributed by atoms with Crippen LogP contribution in [0.3, 0.4) is 0 Å². The third-order valence-corrected chi connectivity index (χ3v) is 5.22. The highest BCUT2D eigenvalue weighted by Gasteiger charge is 2.32. The van der Waals surface area contributed by atoms with Crippen LogP contribution >= 0.6 is 0 Å². The number of benzene rings is 2. The van der Waals surface area contributed by atoms with Crippen LogP contribution in [0.2, 0.25) is 0 Å². The summed E-state index contributed by atoms with van der Waals surface area (Å²) in [6, 6.07) is 15.7. The van der Waals surface area contributed by atoms with Gasteiger partial charge in [-0.2, -0.15) is 0 Å². The van der Waals surface area contributed by atoms with Crippen LogP contribution in [0.4, 0.5) is 0 Å². The maximum absolute atomic E-state index is 12.1. The molecule has 0 aliphatic heterocycles. The minimum atomic E-state index is -1.04. The molecule has 1 amide bonds. The second kappa shape index (κ2) is 8.74. The Hall–Kier alpha value is -3.08. The van der Waals surface area contributed by atoms with Gasteiger partial charge < -0.3 is 15.6 Å². The molecule has 1 aliphatic rings. The molecule has 0 radical (unpaired) electrons. The Kier molecular flexibility index (Phi) is 6.14. The summed E-state index contributed by atoms with van der Waals surface area (Å²) in [5, 5.41) is 8.99. The maximum atomic E-state index is 12.1. The van der Waals surface area contributed by atoms with Crippen LogP contribution in [0.1, 0.15) is 36.0 Å². The molecule has 0 heterocycles. The lowest BCUT2D eigenvalue weighted by molar-refractivity contribution is -0.139. The first-order valence-corrected chi connectivity index (χ1v) is 9.47. The van der Waals surface area contributed by atoms with E-state index in [0.29, 0.717) is 12.2 Å². The van der Waals surface area contributed by atoms with Crippen molar-refractivity contribution in [3.05, 3.63) is 70.8 Å². The van der Waals surface area contributed by atoms with Gasteiger partial charge >= 0.3 is 5.97 Å². The monoisotopic (exact) mass is 379 g/mol. The fourth-order valence-corrected chi connectivity index (χ4v) is 3.92. The van der Waals surface area contributed by atoms with Crippen molar-refractivity contribution in [3.63, 3.8) is 0 Å². The van der Waals surface area contributed by atoms with E-state index in [4.69, 9.17) is 15.6 Å². The van der Waals surface area contributed by atoms with Crippen LogP contribution in [0.5, 0.6) is 5.75 Å². The summed E-state index contributed by atoms with van der Waals surface area (Å²) in [7, 11) is 0. The van der Waals surface area contributed by atoms with Gasteiger partial charge in [-0.25, -0.2) is 4.79 Å². The molecule has 0 saturated heterocycles. The van der Waals surface area contributed by atoms with Crippen molar-refractivity contribution in [2.45, 2.75) is 32.6 Å². The predicted octanol–water partition coefficient (Wildman–Crippen LogP) is 3.74. The van der Waals surface area contributed by atoms with E-state index in [0.717, 1.165) is 36.0 Å². The van der Waals surface area contributed by atoms with Gasteiger partial charge in [0, 0.05) is 5.56 Å². The smallest absolute Gasteiger partial charge is 0.341 e. The van der Waals surface area contributed by atoms with E-state index in [-0.39, 0.29) is 11.8 Å². The summed E-state index contributed by atoms with van der Waals surface area (Å²) < 4.78 is 5.55. The molecule has 1 aliphatic carbocycles. The van der Waals surface area contributed by atoms with Gasteiger partial charge in [0.1, 0.15) is 5.75 Å². The number of carbonyl (C=O) groups is 2. The Balaban J connectivity index is 2.00. The standard InChI is InChI=1S/C23H25NO4/c1-15-6-5-9-19(28-14-20(25)26)21(15)22-17(12-13-18(22)23(24)27)11-10-16-7-3-2-4-8-16/h2-9,18H,10-14H2,1H3,(H2,24,27)(H,25,26). The number of carboxylic acid groups (broad SMARTS) is 1. The van der Waals surface area contributed by atoms with Crippen LogP contribution in [0.15, 0.2) is 54.1 Å². The highest BCUT2D eigenvalue weighted by atomic mass is 16.5. The average molecular weight is 379 g/mol. The molecule has 146 valence electrons. The van der Waals surface area contributed by atoms with Gasteiger partial charge in [-0.05, 0) is 55.4 Å². The zero-order valence-electron chi connectivity index (χ0n) is 16.0. The molecule has 5 nitrogen and oxygen atoms in total. The Labute approximate surface area is 164 Å². The minimum absolute atomic E-state index is 0.350. The Morgan fingerprint density at radius 1 is 1.11 bits per heavy atom. The molecular formula is C23H25NO4. The number of nitrogens with two attached hydrogens (primary N) is 1. The van der Waals surface area contributed by atoms with E-state index >= 15 is 0 Å². The fraction of sp³-hybridized carbons (Fsp3) is 0.304. The second-order valence-corrected chi connectivity index (χ2v) is 7.13. The number of aryl methyl sites for hydroxylation is 2. The maximum Gasteiger partial charge on any atom is 0.341 e. The highest BCUT2D eigenvalue weighted by molar-refractivity contribution is 5.95. The van der Waals surface area contributed by atoms with Gasteiger partial charge in [0.25, 0.3) is 0 Å². The molecule has 0 fully saturated rings. The van der Waals surface area contributed by atoms with E-state index in [1.165, 1.54) is 11.1 Å². The SMILES string of the molecule is Cc1cccc(OCC(=O)O)c1C1=C(CCc2ccccc2)CCC1C(N)=O. The molecule has 1 unspecified atom stereocenters. The molecular weight excluding hydrogens is 354 g/mol. The predicted molar refractivity (Wildman–Crippen MR) is 108 cm³/mol. The molecule has 0 aromatic heterocycles. The summed E-state index contributed by atoms with van der Waals surface area (Å²) >= 11 is 0. The van der Waals surface area contributed by atoms with Gasteiger partial charge in [0.05, 0.1) is 5.92 Å². The van der Waals surface area contributed by atoms with E-state index in [9.17, 15) is 9.59 Å². The first-order valence-electron chi connectivity index (χ1n) is 9.47. The van der Waals surface area contributed by atoms with Gasteiger partial charge in [-0.1, -0.05) is 48.0 Å². The Morgan fingerprint density at radius 2 is 1.86 bits per heavy atom. The summed E-state index contributed by atoms with van der Waals surface area (Å²) in [6.45, 7) is 1.52. The number of amides is 1. The lowest BCUT2D eigenvalue weighted by atomic mass is 9.88. The summed E-state index contributed by atoms with van der Waals surface area (Å²) in [6.07, 6.45) is 3.20. The second-order valence-electron chi connectivity index (χ2n) is 7.13. The van der Waals surface area contributed by atoms with Gasteiger partial charge in [-0.15, -0.1) is 0 Å². The number of primary amides is 1. The third-order valence-electron chi connectivity index (χ3n) is 5.22. The van der Waals surface area contributed by atoms with Gasteiger partial charge in [0.15, 0.2) is 6.61 Å². The van der Waals surface area contributed by atoms with Crippen molar-refractivity contribution in [1.82, 2.24) is 0 Å². The van der Waals surface area contributed by atoms with Crippen LogP contribution in [-0.4, -0.2) is 23.6 Å².